The molecule has 0 radical (unpaired) electrons. The monoisotopic (exact) mass is 458 g/mol. The van der Waals surface area contributed by atoms with Gasteiger partial charge in [-0.15, -0.1) is 0 Å². The summed E-state index contributed by atoms with van der Waals surface area (Å²) in [6, 6.07) is 8.41. The van der Waals surface area contributed by atoms with Crippen molar-refractivity contribution in [1.82, 2.24) is 9.78 Å². The molecule has 0 spiro atoms. The van der Waals surface area contributed by atoms with Crippen LogP contribution in [-0.4, -0.2) is 26.1 Å². The van der Waals surface area contributed by atoms with E-state index in [1.54, 1.807) is 0 Å². The smallest absolute Gasteiger partial charge is 0.0944 e. The minimum absolute atomic E-state index is 0.0117. The zero-order valence-corrected chi connectivity index (χ0v) is 20.8. The van der Waals surface area contributed by atoms with Gasteiger partial charge >= 0.3 is 0 Å². The van der Waals surface area contributed by atoms with Crippen molar-refractivity contribution in [3.05, 3.63) is 65.0 Å². The number of allylic oxidation sites excluding steroid dienone is 3. The van der Waals surface area contributed by atoms with Gasteiger partial charge < -0.3 is 10.2 Å². The Bertz CT molecular complexity index is 1160. The van der Waals surface area contributed by atoms with Crippen molar-refractivity contribution in [3.8, 4) is 5.69 Å². The first-order valence-electron chi connectivity index (χ1n) is 13.2. The van der Waals surface area contributed by atoms with Crippen LogP contribution in [0.5, 0.6) is 0 Å². The molecule has 2 saturated carbocycles. The molecule has 6 atom stereocenters. The Morgan fingerprint density at radius 2 is 1.76 bits per heavy atom. The fourth-order valence-corrected chi connectivity index (χ4v) is 8.16. The van der Waals surface area contributed by atoms with Gasteiger partial charge in [0.05, 0.1) is 24.1 Å². The summed E-state index contributed by atoms with van der Waals surface area (Å²) >= 11 is 0. The third kappa shape index (κ3) is 3.21. The maximum Gasteiger partial charge on any atom is 0.0944 e. The van der Waals surface area contributed by atoms with Crippen LogP contribution < -0.4 is 0 Å². The first-order valence-corrected chi connectivity index (χ1v) is 13.2. The minimum atomic E-state index is -0.148. The standard InChI is InChI=1S/C30H38N2O2/c1-19-4-7-22(8-5-19)32-17-20(18-33)28(31-32)27-11-10-25-24-9-6-21-16-23(34)12-14-29(21,2)26(24)13-15-30(25,27)3/h4-8,11,17,23-26,33-34H,9-10,12-16,18H2,1-3H3/t23-,24-,25-,26-,29-,30-/m0/s1. The minimum Gasteiger partial charge on any atom is -0.393 e. The number of aromatic nitrogens is 2. The molecule has 2 N–H and O–H groups in total. The van der Waals surface area contributed by atoms with Crippen molar-refractivity contribution in [3.63, 3.8) is 0 Å². The molecule has 1 heterocycles. The molecular formula is C30H38N2O2. The van der Waals surface area contributed by atoms with Gasteiger partial charge in [-0.25, -0.2) is 4.68 Å². The lowest BCUT2D eigenvalue weighted by Crippen LogP contribution is -2.49. The van der Waals surface area contributed by atoms with E-state index < -0.39 is 0 Å². The Labute approximate surface area is 203 Å². The van der Waals surface area contributed by atoms with Gasteiger partial charge in [-0.1, -0.05) is 49.3 Å². The molecule has 6 rings (SSSR count). The summed E-state index contributed by atoms with van der Waals surface area (Å²) in [7, 11) is 0. The number of nitrogens with zero attached hydrogens (tertiary/aromatic N) is 2. The molecule has 180 valence electrons. The molecule has 0 bridgehead atoms. The summed E-state index contributed by atoms with van der Waals surface area (Å²) in [5.74, 6) is 2.03. The summed E-state index contributed by atoms with van der Waals surface area (Å²) in [5, 5.41) is 25.5. The van der Waals surface area contributed by atoms with Crippen molar-refractivity contribution in [1.29, 1.82) is 0 Å². The van der Waals surface area contributed by atoms with Crippen LogP contribution in [0, 0.1) is 35.5 Å². The number of benzene rings is 1. The Balaban J connectivity index is 1.33. The molecular weight excluding hydrogens is 420 g/mol. The maximum atomic E-state index is 10.3. The predicted octanol–water partition coefficient (Wildman–Crippen LogP) is 5.99. The highest BCUT2D eigenvalue weighted by Gasteiger charge is 2.57. The van der Waals surface area contributed by atoms with Crippen LogP contribution in [0.2, 0.25) is 0 Å². The van der Waals surface area contributed by atoms with Crippen molar-refractivity contribution in [2.45, 2.75) is 78.4 Å². The first kappa shape index (κ1) is 22.3. The van der Waals surface area contributed by atoms with Gasteiger partial charge in [0.1, 0.15) is 0 Å². The SMILES string of the molecule is Cc1ccc(-n2cc(CO)c(C3=CC[C@H]4[C@@H]5CC=C6C[C@@H](O)CC[C@]6(C)[C@H]5CC[C@]34C)n2)cc1. The Morgan fingerprint density at radius 1 is 1.00 bits per heavy atom. The van der Waals surface area contributed by atoms with Crippen LogP contribution >= 0.6 is 0 Å². The molecule has 0 saturated heterocycles. The summed E-state index contributed by atoms with van der Waals surface area (Å²) in [4.78, 5) is 0. The number of fused-ring (bicyclic) bond motifs is 5. The van der Waals surface area contributed by atoms with E-state index in [0.29, 0.717) is 17.8 Å². The van der Waals surface area contributed by atoms with Gasteiger partial charge in [0.25, 0.3) is 0 Å². The number of rotatable bonds is 3. The van der Waals surface area contributed by atoms with Crippen LogP contribution in [0.3, 0.4) is 0 Å². The molecule has 4 aliphatic rings. The van der Waals surface area contributed by atoms with Gasteiger partial charge in [0.2, 0.25) is 0 Å². The fourth-order valence-electron chi connectivity index (χ4n) is 8.16. The van der Waals surface area contributed by atoms with E-state index in [1.165, 1.54) is 29.6 Å². The van der Waals surface area contributed by atoms with Crippen LogP contribution in [-0.2, 0) is 6.61 Å². The van der Waals surface area contributed by atoms with Gasteiger partial charge in [0, 0.05) is 11.8 Å². The van der Waals surface area contributed by atoms with Crippen LogP contribution in [0.15, 0.2) is 48.2 Å². The molecule has 0 unspecified atom stereocenters. The second-order valence-electron chi connectivity index (χ2n) is 11.9. The number of aryl methyl sites for hydroxylation is 1. The zero-order chi connectivity index (χ0) is 23.7. The zero-order valence-electron chi connectivity index (χ0n) is 20.8. The largest absolute Gasteiger partial charge is 0.393 e. The Kier molecular flexibility index (Phi) is 5.20. The number of hydrogen-bond acceptors (Lipinski definition) is 3. The lowest BCUT2D eigenvalue weighted by Gasteiger charge is -2.57. The molecule has 0 aliphatic heterocycles. The van der Waals surface area contributed by atoms with E-state index in [9.17, 15) is 10.2 Å². The molecule has 2 fully saturated rings. The first-order chi connectivity index (χ1) is 16.3. The van der Waals surface area contributed by atoms with Gasteiger partial charge in [0.15, 0.2) is 0 Å². The van der Waals surface area contributed by atoms with Crippen LogP contribution in [0.4, 0.5) is 0 Å². The van der Waals surface area contributed by atoms with Crippen molar-refractivity contribution >= 4 is 5.57 Å². The van der Waals surface area contributed by atoms with Crippen molar-refractivity contribution in [2.24, 2.45) is 28.6 Å². The lowest BCUT2D eigenvalue weighted by molar-refractivity contribution is -0.0239. The van der Waals surface area contributed by atoms with Gasteiger partial charge in [-0.3, -0.25) is 0 Å². The quantitative estimate of drug-likeness (QED) is 0.556. The third-order valence-corrected chi connectivity index (χ3v) is 10.2. The highest BCUT2D eigenvalue weighted by Crippen LogP contribution is 2.66. The third-order valence-electron chi connectivity index (χ3n) is 10.2. The van der Waals surface area contributed by atoms with E-state index >= 15 is 0 Å². The highest BCUT2D eigenvalue weighted by molar-refractivity contribution is 5.72. The highest BCUT2D eigenvalue weighted by atomic mass is 16.3. The normalized spacial score (nSPS) is 36.9. The van der Waals surface area contributed by atoms with Crippen molar-refractivity contribution < 1.29 is 10.2 Å². The van der Waals surface area contributed by atoms with Gasteiger partial charge in [-0.05, 0) is 98.2 Å². The number of hydrogen-bond donors (Lipinski definition) is 2. The summed E-state index contributed by atoms with van der Waals surface area (Å²) < 4.78 is 1.94. The molecule has 1 aromatic carbocycles. The molecule has 1 aromatic heterocycles. The van der Waals surface area contributed by atoms with E-state index in [-0.39, 0.29) is 23.5 Å². The summed E-state index contributed by atoms with van der Waals surface area (Å²) in [6.45, 7) is 7.06. The van der Waals surface area contributed by atoms with E-state index in [2.05, 4.69) is 57.2 Å². The topological polar surface area (TPSA) is 58.3 Å². The van der Waals surface area contributed by atoms with Crippen LogP contribution in [0.1, 0.15) is 75.6 Å². The molecule has 34 heavy (non-hydrogen) atoms. The fraction of sp³-hybridized carbons (Fsp3) is 0.567. The lowest BCUT2D eigenvalue weighted by atomic mass is 9.47. The second kappa shape index (κ2) is 7.93. The molecule has 0 amide bonds. The van der Waals surface area contributed by atoms with Crippen LogP contribution in [0.25, 0.3) is 11.3 Å². The van der Waals surface area contributed by atoms with Gasteiger partial charge in [-0.2, -0.15) is 5.10 Å². The van der Waals surface area contributed by atoms with E-state index in [0.717, 1.165) is 49.0 Å². The average molecular weight is 459 g/mol. The molecule has 4 nitrogen and oxygen atoms in total. The average Bonchev–Trinajstić information content (AvgIpc) is 3.40. The number of aliphatic hydroxyl groups excluding tert-OH is 2. The second-order valence-corrected chi connectivity index (χ2v) is 11.9. The molecule has 4 heteroatoms. The maximum absolute atomic E-state index is 10.3. The van der Waals surface area contributed by atoms with E-state index in [1.807, 2.05) is 10.9 Å². The van der Waals surface area contributed by atoms with Crippen molar-refractivity contribution in [2.75, 3.05) is 0 Å². The summed E-state index contributed by atoms with van der Waals surface area (Å²) in [5.41, 5.74) is 7.43. The number of aliphatic hydroxyl groups is 2. The molecule has 2 aromatic rings. The predicted molar refractivity (Wildman–Crippen MR) is 135 cm³/mol. The Morgan fingerprint density at radius 3 is 2.53 bits per heavy atom. The summed E-state index contributed by atoms with van der Waals surface area (Å²) in [6.07, 6.45) is 14.4. The van der Waals surface area contributed by atoms with E-state index in [4.69, 9.17) is 5.10 Å². The molecule has 4 aliphatic carbocycles. The Hall–Kier alpha value is -2.17.